The first-order chi connectivity index (χ1) is 35.7. The summed E-state index contributed by atoms with van der Waals surface area (Å²) in [6.07, 6.45) is 17.7. The maximum absolute atomic E-state index is 7.45. The Hall–Kier alpha value is -2.04. The van der Waals surface area contributed by atoms with Gasteiger partial charge in [0.05, 0.1) is 109 Å². The van der Waals surface area contributed by atoms with Crippen molar-refractivity contribution in [1.82, 2.24) is 0 Å². The van der Waals surface area contributed by atoms with Gasteiger partial charge < -0.3 is 51.8 Å². The summed E-state index contributed by atoms with van der Waals surface area (Å²) in [6.45, 7) is 27.1. The molecule has 0 unspecified atom stereocenters. The molecular formula is C63H96O11Si. The van der Waals surface area contributed by atoms with Crippen molar-refractivity contribution in [3.05, 3.63) is 83.9 Å². The van der Waals surface area contributed by atoms with Gasteiger partial charge in [0.15, 0.2) is 8.32 Å². The van der Waals surface area contributed by atoms with Crippen molar-refractivity contribution in [3.63, 3.8) is 0 Å². The summed E-state index contributed by atoms with van der Waals surface area (Å²) in [5.41, 5.74) is -0.460. The lowest BCUT2D eigenvalue weighted by Gasteiger charge is -2.62. The summed E-state index contributed by atoms with van der Waals surface area (Å²) in [6, 6.07) is 20.9. The van der Waals surface area contributed by atoms with E-state index in [9.17, 15) is 0 Å². The minimum Gasteiger partial charge on any atom is -0.409 e. The molecule has 0 aliphatic carbocycles. The predicted octanol–water partition coefficient (Wildman–Crippen LogP) is 13.1. The molecule has 8 heterocycles. The molecule has 0 N–H and O–H groups in total. The van der Waals surface area contributed by atoms with E-state index in [1.807, 2.05) is 6.07 Å². The lowest BCUT2D eigenvalue weighted by Crippen LogP contribution is -2.72. The van der Waals surface area contributed by atoms with Gasteiger partial charge in [0.2, 0.25) is 0 Å². The van der Waals surface area contributed by atoms with Crippen molar-refractivity contribution >= 4 is 8.32 Å². The normalized spacial score (nSPS) is 42.9. The fourth-order valence-corrected chi connectivity index (χ4v) is 16.1. The van der Waals surface area contributed by atoms with Gasteiger partial charge in [-0.1, -0.05) is 113 Å². The van der Waals surface area contributed by atoms with Gasteiger partial charge in [-0.05, 0) is 115 Å². The second kappa shape index (κ2) is 22.5. The molecule has 0 saturated carbocycles. The maximum atomic E-state index is 7.45. The highest BCUT2D eigenvalue weighted by atomic mass is 28.4. The van der Waals surface area contributed by atoms with Crippen LogP contribution in [0.4, 0.5) is 0 Å². The number of unbranched alkanes of at least 4 members (excludes halogenated alkanes) is 3. The number of allylic oxidation sites excluding steroid dienone is 1. The average Bonchev–Trinajstić information content (AvgIpc) is 3.56. The molecule has 8 aliphatic heterocycles. The summed E-state index contributed by atoms with van der Waals surface area (Å²) in [4.78, 5) is 0. The van der Waals surface area contributed by atoms with Crippen molar-refractivity contribution in [1.29, 1.82) is 0 Å². The second-order valence-corrected chi connectivity index (χ2v) is 31.6. The first kappa shape index (κ1) is 56.2. The Labute approximate surface area is 452 Å². The molecular weight excluding hydrogens is 961 g/mol. The van der Waals surface area contributed by atoms with Gasteiger partial charge in [-0.2, -0.15) is 0 Å². The molecule has 0 radical (unpaired) electrons. The van der Waals surface area contributed by atoms with Crippen LogP contribution in [0.1, 0.15) is 176 Å². The van der Waals surface area contributed by atoms with Crippen LogP contribution in [0.15, 0.2) is 72.8 Å². The highest BCUT2D eigenvalue weighted by Gasteiger charge is 2.65. The molecule has 2 aromatic rings. The summed E-state index contributed by atoms with van der Waals surface area (Å²) in [5.74, 6) is 0. The molecule has 8 fully saturated rings. The number of fused-ring (bicyclic) bond motifs is 7. The molecule has 0 spiro atoms. The van der Waals surface area contributed by atoms with Gasteiger partial charge in [-0.3, -0.25) is 0 Å². The average molecular weight is 1060 g/mol. The van der Waals surface area contributed by atoms with E-state index in [-0.39, 0.29) is 84.4 Å². The number of hydrogen-bond acceptors (Lipinski definition) is 11. The lowest BCUT2D eigenvalue weighted by molar-refractivity contribution is -0.373. The topological polar surface area (TPSA) is 102 Å². The Morgan fingerprint density at radius 2 is 1.33 bits per heavy atom. The standard InChI is InChI=1S/C63H96O11Si/c1-12-13-14-15-22-29-52-59(5,74-75(10,11)58(2,3)4)33-32-47-49(68-52)37-54-62(8,71-47)42-61(7)53(70-54)31-30-46-50(72-61)36-48-51(67-46)39-60(6)55(69-48)38-57-63(9,73-60)56(65-41-44-26-20-17-21-27-44)35-45(66-57)28-23-34-64-40-43-24-18-16-19-25-43/h16-22,24-27,29,45-57H,12-15,23,28,30-42H2,1-11H3/b29-22-/t45-,46+,47+,48+,49-,50-,51-,52+,53-,54+,55-,56-,57+,59-,60+,61+,62-,63-/m0/s1. The Kier molecular flexibility index (Phi) is 16.9. The van der Waals surface area contributed by atoms with E-state index in [1.54, 1.807) is 0 Å². The summed E-state index contributed by atoms with van der Waals surface area (Å²) in [7, 11) is -2.13. The van der Waals surface area contributed by atoms with Crippen LogP contribution in [-0.2, 0) is 65.0 Å². The van der Waals surface area contributed by atoms with Crippen LogP contribution < -0.4 is 0 Å². The Morgan fingerprint density at radius 3 is 2.07 bits per heavy atom. The highest BCUT2D eigenvalue weighted by molar-refractivity contribution is 6.74. The Bertz CT molecular complexity index is 2210. The lowest BCUT2D eigenvalue weighted by atomic mass is 9.72. The zero-order valence-electron chi connectivity index (χ0n) is 47.9. The fourth-order valence-electron chi connectivity index (χ4n) is 14.4. The van der Waals surface area contributed by atoms with Crippen LogP contribution in [0.3, 0.4) is 0 Å². The first-order valence-corrected chi connectivity index (χ1v) is 32.6. The van der Waals surface area contributed by atoms with Gasteiger partial charge in [0.1, 0.15) is 11.7 Å². The molecule has 8 aliphatic rings. The SMILES string of the molecule is CCCCC/C=C\[C@H]1O[C@H]2C[C@H]3O[C@H]4CC[C@H]5O[C@H]6C[C@@]7(C)O[C@@]8(C)[C@@H](OCc9ccccc9)C[C@H](CCCOCc9ccccc9)O[C@@H]8C[C@@H]7O[C@@H]6C[C@@H]5O[C@]4(C)C[C@]3(C)O[C@@H]2CC[C@]1(C)O[Si](C)(C)C(C)(C)C. The van der Waals surface area contributed by atoms with E-state index >= 15 is 0 Å². The van der Waals surface area contributed by atoms with Crippen LogP contribution >= 0.6 is 0 Å². The zero-order valence-corrected chi connectivity index (χ0v) is 48.9. The third-order valence-corrected chi connectivity index (χ3v) is 24.3. The minimum atomic E-state index is -2.13. The van der Waals surface area contributed by atoms with Crippen LogP contribution in [0.25, 0.3) is 0 Å². The van der Waals surface area contributed by atoms with Gasteiger partial charge in [-0.25, -0.2) is 0 Å². The van der Waals surface area contributed by atoms with Crippen LogP contribution in [0, 0.1) is 0 Å². The molecule has 75 heavy (non-hydrogen) atoms. The maximum Gasteiger partial charge on any atom is 0.192 e. The smallest absolute Gasteiger partial charge is 0.192 e. The van der Waals surface area contributed by atoms with Gasteiger partial charge in [0.25, 0.3) is 0 Å². The molecule has 0 aromatic heterocycles. The summed E-state index contributed by atoms with van der Waals surface area (Å²) in [5, 5.41) is 0.0810. The highest BCUT2D eigenvalue weighted by Crippen LogP contribution is 2.55. The molecule has 12 heteroatoms. The van der Waals surface area contributed by atoms with Gasteiger partial charge in [-0.15, -0.1) is 0 Å². The third-order valence-electron chi connectivity index (χ3n) is 19.7. The molecule has 10 rings (SSSR count). The van der Waals surface area contributed by atoms with E-state index in [0.29, 0.717) is 19.8 Å². The number of ether oxygens (including phenoxy) is 10. The Morgan fingerprint density at radius 1 is 0.640 bits per heavy atom. The molecule has 8 saturated heterocycles. The first-order valence-electron chi connectivity index (χ1n) is 29.7. The fraction of sp³-hybridized carbons (Fsp3) is 0.778. The molecule has 418 valence electrons. The molecule has 0 amide bonds. The zero-order chi connectivity index (χ0) is 52.9. The Balaban J connectivity index is 0.806. The minimum absolute atomic E-state index is 0.0225. The number of hydrogen-bond donors (Lipinski definition) is 0. The van der Waals surface area contributed by atoms with Crippen molar-refractivity contribution < 1.29 is 51.8 Å². The molecule has 11 nitrogen and oxygen atoms in total. The predicted molar refractivity (Wildman–Crippen MR) is 294 cm³/mol. The van der Waals surface area contributed by atoms with Crippen LogP contribution in [0.5, 0.6) is 0 Å². The van der Waals surface area contributed by atoms with Gasteiger partial charge >= 0.3 is 0 Å². The van der Waals surface area contributed by atoms with E-state index in [4.69, 9.17) is 51.8 Å². The van der Waals surface area contributed by atoms with Crippen LogP contribution in [-0.4, -0.2) is 122 Å². The van der Waals surface area contributed by atoms with Gasteiger partial charge in [0, 0.05) is 45.1 Å². The van der Waals surface area contributed by atoms with E-state index in [1.165, 1.54) is 24.8 Å². The van der Waals surface area contributed by atoms with E-state index in [0.717, 1.165) is 89.0 Å². The third kappa shape index (κ3) is 12.0. The molecule has 18 atom stereocenters. The largest absolute Gasteiger partial charge is 0.409 e. The summed E-state index contributed by atoms with van der Waals surface area (Å²) >= 11 is 0. The van der Waals surface area contributed by atoms with E-state index < -0.39 is 36.3 Å². The number of benzene rings is 2. The van der Waals surface area contributed by atoms with Crippen molar-refractivity contribution in [3.8, 4) is 0 Å². The summed E-state index contributed by atoms with van der Waals surface area (Å²) < 4.78 is 78.7. The van der Waals surface area contributed by atoms with E-state index in [2.05, 4.69) is 142 Å². The molecule has 0 bridgehead atoms. The monoisotopic (exact) mass is 1060 g/mol. The second-order valence-electron chi connectivity index (χ2n) is 26.9. The number of rotatable bonds is 16. The van der Waals surface area contributed by atoms with Crippen molar-refractivity contribution in [2.75, 3.05) is 6.61 Å². The van der Waals surface area contributed by atoms with Crippen molar-refractivity contribution in [2.24, 2.45) is 0 Å². The van der Waals surface area contributed by atoms with Crippen LogP contribution in [0.2, 0.25) is 18.1 Å². The quantitative estimate of drug-likeness (QED) is 0.0912. The van der Waals surface area contributed by atoms with Crippen molar-refractivity contribution in [2.45, 2.75) is 304 Å². The molecule has 2 aromatic carbocycles.